The van der Waals surface area contributed by atoms with Crippen LogP contribution >= 0.6 is 15.9 Å². The van der Waals surface area contributed by atoms with Gasteiger partial charge in [-0.05, 0) is 51.4 Å². The average molecular weight is 412 g/mol. The smallest absolute Gasteiger partial charge is 0.303 e. The quantitative estimate of drug-likeness (QED) is 0.316. The van der Waals surface area contributed by atoms with E-state index in [2.05, 4.69) is 15.9 Å². The van der Waals surface area contributed by atoms with E-state index in [1.807, 2.05) is 0 Å². The monoisotopic (exact) mass is 411 g/mol. The van der Waals surface area contributed by atoms with Crippen LogP contribution in [0.5, 0.6) is 0 Å². The average Bonchev–Trinajstić information content (AvgIpc) is 2.53. The number of hydrogen-bond acceptors (Lipinski definition) is 4. The number of nitro groups is 1. The van der Waals surface area contributed by atoms with E-state index in [1.54, 1.807) is 26.0 Å². The number of ketones is 1. The van der Waals surface area contributed by atoms with Crippen LogP contribution in [0.4, 0.5) is 5.69 Å². The van der Waals surface area contributed by atoms with Gasteiger partial charge in [-0.1, -0.05) is 28.1 Å². The van der Waals surface area contributed by atoms with Crippen molar-refractivity contribution in [2.24, 2.45) is 5.92 Å². The lowest BCUT2D eigenvalue weighted by Crippen LogP contribution is -2.24. The van der Waals surface area contributed by atoms with Crippen molar-refractivity contribution in [3.63, 3.8) is 0 Å². The summed E-state index contributed by atoms with van der Waals surface area (Å²) in [5.41, 5.74) is 0.934. The van der Waals surface area contributed by atoms with E-state index in [4.69, 9.17) is 5.11 Å². The maximum absolute atomic E-state index is 12.3. The largest absolute Gasteiger partial charge is 0.481 e. The Hall–Kier alpha value is -1.76. The van der Waals surface area contributed by atoms with Gasteiger partial charge in [-0.3, -0.25) is 19.7 Å². The van der Waals surface area contributed by atoms with Gasteiger partial charge in [0.15, 0.2) is 5.78 Å². The second-order valence-electron chi connectivity index (χ2n) is 7.15. The minimum Gasteiger partial charge on any atom is -0.481 e. The molecule has 7 heteroatoms. The Bertz CT molecular complexity index is 687. The van der Waals surface area contributed by atoms with E-state index < -0.39 is 15.2 Å². The number of halogens is 1. The Labute approximate surface area is 154 Å². The first-order valence-electron chi connectivity index (χ1n) is 8.33. The molecule has 0 aliphatic heterocycles. The third-order valence-corrected chi connectivity index (χ3v) is 5.14. The van der Waals surface area contributed by atoms with Crippen molar-refractivity contribution in [2.75, 3.05) is 0 Å². The molecule has 1 aliphatic rings. The standard InChI is InChI=1S/C18H22BrNO5/c1-18(2,19)17(23)13-7-8-14(15(10-13)20(24)25)12-5-3-11(4-6-12)9-16(21)22/h7-8,10-12H,3-6,9H2,1-2H3,(H,21,22). The molecule has 2 rings (SSSR count). The highest BCUT2D eigenvalue weighted by atomic mass is 79.9. The van der Waals surface area contributed by atoms with Gasteiger partial charge in [0.2, 0.25) is 0 Å². The topological polar surface area (TPSA) is 97.5 Å². The normalized spacial score (nSPS) is 20.9. The first kappa shape index (κ1) is 19.6. The van der Waals surface area contributed by atoms with Crippen molar-refractivity contribution >= 4 is 33.4 Å². The Morgan fingerprint density at radius 1 is 1.28 bits per heavy atom. The highest BCUT2D eigenvalue weighted by molar-refractivity contribution is 9.10. The van der Waals surface area contributed by atoms with Gasteiger partial charge in [0.05, 0.1) is 9.25 Å². The van der Waals surface area contributed by atoms with Gasteiger partial charge in [0.1, 0.15) is 0 Å². The number of rotatable bonds is 6. The summed E-state index contributed by atoms with van der Waals surface area (Å²) in [5.74, 6) is -0.823. The Morgan fingerprint density at radius 3 is 2.36 bits per heavy atom. The summed E-state index contributed by atoms with van der Waals surface area (Å²) in [6.07, 6.45) is 3.13. The zero-order valence-corrected chi connectivity index (χ0v) is 15.9. The van der Waals surface area contributed by atoms with Crippen LogP contribution in [0.15, 0.2) is 18.2 Å². The molecule has 0 atom stereocenters. The maximum atomic E-state index is 12.3. The van der Waals surface area contributed by atoms with Crippen LogP contribution in [0, 0.1) is 16.0 Å². The van der Waals surface area contributed by atoms with Crippen molar-refractivity contribution in [1.82, 2.24) is 0 Å². The van der Waals surface area contributed by atoms with Gasteiger partial charge in [-0.25, -0.2) is 0 Å². The van der Waals surface area contributed by atoms with Crippen LogP contribution in [0.3, 0.4) is 0 Å². The van der Waals surface area contributed by atoms with Gasteiger partial charge in [0.25, 0.3) is 5.69 Å². The number of nitrogens with zero attached hydrogens (tertiary/aromatic N) is 1. The minimum atomic E-state index is -0.797. The molecular formula is C18H22BrNO5. The highest BCUT2D eigenvalue weighted by Crippen LogP contribution is 2.41. The van der Waals surface area contributed by atoms with Gasteiger partial charge < -0.3 is 5.11 Å². The fraction of sp³-hybridized carbons (Fsp3) is 0.556. The Balaban J connectivity index is 2.23. The molecule has 1 aromatic carbocycles. The molecule has 0 bridgehead atoms. The molecular weight excluding hydrogens is 390 g/mol. The predicted molar refractivity (Wildman–Crippen MR) is 97.4 cm³/mol. The molecule has 1 aliphatic carbocycles. The van der Waals surface area contributed by atoms with E-state index in [0.717, 1.165) is 25.7 Å². The van der Waals surface area contributed by atoms with Crippen molar-refractivity contribution < 1.29 is 19.6 Å². The van der Waals surface area contributed by atoms with Crippen LogP contribution < -0.4 is 0 Å². The highest BCUT2D eigenvalue weighted by Gasteiger charge is 2.31. The second kappa shape index (κ2) is 7.64. The number of benzene rings is 1. The van der Waals surface area contributed by atoms with Gasteiger partial charge in [-0.2, -0.15) is 0 Å². The van der Waals surface area contributed by atoms with E-state index >= 15 is 0 Å². The van der Waals surface area contributed by atoms with Crippen LogP contribution in [-0.2, 0) is 4.79 Å². The fourth-order valence-electron chi connectivity index (χ4n) is 3.46. The maximum Gasteiger partial charge on any atom is 0.303 e. The number of aliphatic carboxylic acids is 1. The number of nitro benzene ring substituents is 1. The number of carboxylic acid groups (broad SMARTS) is 1. The van der Waals surface area contributed by atoms with Gasteiger partial charge in [-0.15, -0.1) is 0 Å². The third-order valence-electron chi connectivity index (χ3n) is 4.78. The SMILES string of the molecule is CC(C)(Br)C(=O)c1ccc(C2CCC(CC(=O)O)CC2)c([N+](=O)[O-])c1. The molecule has 136 valence electrons. The first-order chi connectivity index (χ1) is 11.6. The molecule has 0 spiro atoms. The van der Waals surface area contributed by atoms with Gasteiger partial charge >= 0.3 is 5.97 Å². The lowest BCUT2D eigenvalue weighted by molar-refractivity contribution is -0.385. The molecule has 6 nitrogen and oxygen atoms in total. The lowest BCUT2D eigenvalue weighted by atomic mass is 9.77. The molecule has 1 N–H and O–H groups in total. The van der Waals surface area contributed by atoms with Gasteiger partial charge in [0, 0.05) is 23.6 Å². The zero-order chi connectivity index (χ0) is 18.8. The van der Waals surface area contributed by atoms with E-state index in [0.29, 0.717) is 11.1 Å². The van der Waals surface area contributed by atoms with Crippen LogP contribution in [0.1, 0.15) is 67.8 Å². The lowest BCUT2D eigenvalue weighted by Gasteiger charge is -2.27. The molecule has 0 unspecified atom stereocenters. The Morgan fingerprint density at radius 2 is 1.88 bits per heavy atom. The number of carbonyl (C=O) groups is 2. The summed E-state index contributed by atoms with van der Waals surface area (Å²) >= 11 is 3.30. The molecule has 25 heavy (non-hydrogen) atoms. The summed E-state index contributed by atoms with van der Waals surface area (Å²) in [7, 11) is 0. The summed E-state index contributed by atoms with van der Waals surface area (Å²) in [4.78, 5) is 34.2. The third kappa shape index (κ3) is 4.87. The van der Waals surface area contributed by atoms with Crippen molar-refractivity contribution in [1.29, 1.82) is 0 Å². The van der Waals surface area contributed by atoms with E-state index in [1.165, 1.54) is 6.07 Å². The van der Waals surface area contributed by atoms with E-state index in [-0.39, 0.29) is 29.7 Å². The molecule has 1 fully saturated rings. The fourth-order valence-corrected chi connectivity index (χ4v) is 3.68. The Kier molecular flexibility index (Phi) is 5.98. The molecule has 0 aromatic heterocycles. The molecule has 0 saturated heterocycles. The number of carbonyl (C=O) groups excluding carboxylic acids is 1. The van der Waals surface area contributed by atoms with Crippen LogP contribution in [-0.4, -0.2) is 26.1 Å². The summed E-state index contributed by atoms with van der Waals surface area (Å²) in [6.45, 7) is 3.41. The molecule has 1 aromatic rings. The minimum absolute atomic E-state index is 0.0238. The summed E-state index contributed by atoms with van der Waals surface area (Å²) in [5, 5.41) is 20.4. The second-order valence-corrected chi connectivity index (χ2v) is 9.13. The molecule has 0 radical (unpaired) electrons. The number of Topliss-reactive ketones (excluding diaryl/α,β-unsaturated/α-hetero) is 1. The number of carboxylic acids is 1. The van der Waals surface area contributed by atoms with Crippen LogP contribution in [0.2, 0.25) is 0 Å². The zero-order valence-electron chi connectivity index (χ0n) is 14.3. The summed E-state index contributed by atoms with van der Waals surface area (Å²) in [6, 6.07) is 4.70. The van der Waals surface area contributed by atoms with Crippen molar-refractivity contribution in [2.45, 2.75) is 56.2 Å². The first-order valence-corrected chi connectivity index (χ1v) is 9.12. The van der Waals surface area contributed by atoms with Crippen LogP contribution in [0.25, 0.3) is 0 Å². The number of alkyl halides is 1. The molecule has 0 amide bonds. The predicted octanol–water partition coefficient (Wildman–Crippen LogP) is 4.70. The molecule has 1 saturated carbocycles. The summed E-state index contributed by atoms with van der Waals surface area (Å²) < 4.78 is -0.780. The van der Waals surface area contributed by atoms with E-state index in [9.17, 15) is 19.7 Å². The van der Waals surface area contributed by atoms with Crippen molar-refractivity contribution in [3.8, 4) is 0 Å². The van der Waals surface area contributed by atoms with Crippen molar-refractivity contribution in [3.05, 3.63) is 39.4 Å². The number of hydrogen-bond donors (Lipinski definition) is 1. The molecule has 0 heterocycles.